The summed E-state index contributed by atoms with van der Waals surface area (Å²) in [6.07, 6.45) is 0.307. The molecule has 7 nitrogen and oxygen atoms in total. The van der Waals surface area contributed by atoms with Gasteiger partial charge in [-0.15, -0.1) is 0 Å². The highest BCUT2D eigenvalue weighted by Gasteiger charge is 2.55. The molecule has 2 amide bonds. The Labute approximate surface area is 154 Å². The third-order valence-electron chi connectivity index (χ3n) is 5.34. The molecule has 2 bridgehead atoms. The molecular weight excluding hydrogens is 367 g/mol. The zero-order valence-corrected chi connectivity index (χ0v) is 14.7. The quantitative estimate of drug-likeness (QED) is 0.619. The first-order valence-electron chi connectivity index (χ1n) is 8.32. The maximum Gasteiger partial charge on any atom is 0.405 e. The smallest absolute Gasteiger partial charge is 0.405 e. The number of aliphatic hydroxyl groups is 1. The van der Waals surface area contributed by atoms with Crippen molar-refractivity contribution in [1.82, 2.24) is 10.6 Å². The monoisotopic (exact) mass is 386 g/mol. The number of hydrogen-bond donors (Lipinski definition) is 4. The molecule has 0 aliphatic heterocycles. The number of amides is 2. The van der Waals surface area contributed by atoms with Crippen LogP contribution in [0.3, 0.4) is 0 Å². The van der Waals surface area contributed by atoms with E-state index in [2.05, 4.69) is 10.6 Å². The van der Waals surface area contributed by atoms with Crippen LogP contribution in [0.4, 0.5) is 9.18 Å². The Bertz CT molecular complexity index is 721. The largest absolute Gasteiger partial charge is 0.484 e. The van der Waals surface area contributed by atoms with Crippen LogP contribution in [0.5, 0.6) is 5.75 Å². The van der Waals surface area contributed by atoms with Crippen molar-refractivity contribution in [2.24, 2.45) is 0 Å². The van der Waals surface area contributed by atoms with Gasteiger partial charge in [0.1, 0.15) is 11.6 Å². The number of fused-ring (bicyclic) bond motifs is 3. The highest BCUT2D eigenvalue weighted by Crippen LogP contribution is 2.47. The molecule has 9 heteroatoms. The fourth-order valence-corrected chi connectivity index (χ4v) is 4.04. The van der Waals surface area contributed by atoms with Crippen molar-refractivity contribution in [3.05, 3.63) is 29.0 Å². The van der Waals surface area contributed by atoms with Crippen LogP contribution in [0.2, 0.25) is 5.02 Å². The second-order valence-electron chi connectivity index (χ2n) is 7.00. The number of carboxylic acid groups (broad SMARTS) is 1. The van der Waals surface area contributed by atoms with E-state index in [1.165, 1.54) is 12.1 Å². The SMILES string of the molecule is O=C(O)NC12CCC(NC(=O)COc3ccc(Cl)c(F)c3)(CC1)[C@@H](O)C2. The van der Waals surface area contributed by atoms with E-state index in [4.69, 9.17) is 21.4 Å². The molecule has 0 heterocycles. The molecule has 1 aromatic carbocycles. The number of carbonyl (C=O) groups excluding carboxylic acids is 1. The summed E-state index contributed by atoms with van der Waals surface area (Å²) in [5, 5.41) is 24.8. The molecule has 0 saturated heterocycles. The number of aliphatic hydroxyl groups excluding tert-OH is 1. The average Bonchev–Trinajstić information content (AvgIpc) is 2.57. The number of ether oxygens (including phenoxy) is 1. The standard InChI is InChI=1S/C17H20ClFN2O5/c18-11-2-1-10(7-12(11)19)26-9-14(23)20-17-5-3-16(4-6-17,8-13(17)22)21-15(24)25/h1-2,7,13,21-22H,3-6,8-9H2,(H,20,23)(H,24,25)/t13-,16?,17?/m0/s1. The maximum atomic E-state index is 13.4. The zero-order chi connectivity index (χ0) is 18.9. The fourth-order valence-electron chi connectivity index (χ4n) is 3.92. The van der Waals surface area contributed by atoms with E-state index in [1.54, 1.807) is 0 Å². The second kappa shape index (κ2) is 6.92. The molecule has 4 N–H and O–H groups in total. The lowest BCUT2D eigenvalue weighted by Crippen LogP contribution is -2.70. The Morgan fingerprint density at radius 2 is 1.96 bits per heavy atom. The van der Waals surface area contributed by atoms with Gasteiger partial charge in [0.25, 0.3) is 5.91 Å². The Balaban J connectivity index is 1.58. The summed E-state index contributed by atoms with van der Waals surface area (Å²) in [7, 11) is 0. The van der Waals surface area contributed by atoms with Crippen molar-refractivity contribution in [3.8, 4) is 5.75 Å². The summed E-state index contributed by atoms with van der Waals surface area (Å²) < 4.78 is 18.7. The fraction of sp³-hybridized carbons (Fsp3) is 0.529. The second-order valence-corrected chi connectivity index (χ2v) is 7.41. The minimum Gasteiger partial charge on any atom is -0.484 e. The summed E-state index contributed by atoms with van der Waals surface area (Å²) in [6, 6.07) is 3.89. The van der Waals surface area contributed by atoms with Crippen molar-refractivity contribution in [3.63, 3.8) is 0 Å². The third-order valence-corrected chi connectivity index (χ3v) is 5.65. The Morgan fingerprint density at radius 1 is 1.27 bits per heavy atom. The first kappa shape index (κ1) is 18.7. The molecule has 142 valence electrons. The number of rotatable bonds is 5. The molecule has 1 aromatic rings. The van der Waals surface area contributed by atoms with E-state index in [0.29, 0.717) is 25.7 Å². The highest BCUT2D eigenvalue weighted by molar-refractivity contribution is 6.30. The predicted molar refractivity (Wildman–Crippen MR) is 90.8 cm³/mol. The molecule has 26 heavy (non-hydrogen) atoms. The van der Waals surface area contributed by atoms with Crippen LogP contribution in [0.15, 0.2) is 18.2 Å². The third kappa shape index (κ3) is 3.71. The van der Waals surface area contributed by atoms with Gasteiger partial charge in [0.2, 0.25) is 0 Å². The van der Waals surface area contributed by atoms with Crippen LogP contribution >= 0.6 is 11.6 Å². The van der Waals surface area contributed by atoms with Gasteiger partial charge >= 0.3 is 6.09 Å². The molecule has 3 fully saturated rings. The van der Waals surface area contributed by atoms with Crippen LogP contribution in [0, 0.1) is 5.82 Å². The number of nitrogens with one attached hydrogen (secondary N) is 2. The van der Waals surface area contributed by atoms with Crippen LogP contribution < -0.4 is 15.4 Å². The van der Waals surface area contributed by atoms with E-state index >= 15 is 0 Å². The van der Waals surface area contributed by atoms with Crippen LogP contribution in [-0.4, -0.2) is 46.0 Å². The topological polar surface area (TPSA) is 108 Å². The minimum absolute atomic E-state index is 0.0355. The lowest BCUT2D eigenvalue weighted by Gasteiger charge is -2.55. The molecule has 4 rings (SSSR count). The van der Waals surface area contributed by atoms with Gasteiger partial charge in [-0.2, -0.15) is 0 Å². The van der Waals surface area contributed by atoms with E-state index in [1.807, 2.05) is 0 Å². The van der Waals surface area contributed by atoms with Gasteiger partial charge in [0.05, 0.1) is 16.7 Å². The van der Waals surface area contributed by atoms with Crippen molar-refractivity contribution in [1.29, 1.82) is 0 Å². The Morgan fingerprint density at radius 3 is 2.54 bits per heavy atom. The molecule has 0 spiro atoms. The molecule has 3 saturated carbocycles. The highest BCUT2D eigenvalue weighted by atomic mass is 35.5. The zero-order valence-electron chi connectivity index (χ0n) is 13.9. The molecule has 1 atom stereocenters. The van der Waals surface area contributed by atoms with E-state index < -0.39 is 35.0 Å². The van der Waals surface area contributed by atoms with Gasteiger partial charge in [0, 0.05) is 11.6 Å². The van der Waals surface area contributed by atoms with E-state index in [9.17, 15) is 19.1 Å². The average molecular weight is 387 g/mol. The van der Waals surface area contributed by atoms with Gasteiger partial charge in [-0.05, 0) is 44.2 Å². The number of halogens is 2. The summed E-state index contributed by atoms with van der Waals surface area (Å²) in [6.45, 7) is -0.325. The Kier molecular flexibility index (Phi) is 4.98. The maximum absolute atomic E-state index is 13.4. The van der Waals surface area contributed by atoms with Crippen molar-refractivity contribution in [2.75, 3.05) is 6.61 Å². The Hall–Kier alpha value is -2.06. The van der Waals surface area contributed by atoms with Gasteiger partial charge in [-0.3, -0.25) is 4.79 Å². The van der Waals surface area contributed by atoms with Crippen LogP contribution in [0.1, 0.15) is 32.1 Å². The van der Waals surface area contributed by atoms with Gasteiger partial charge < -0.3 is 25.6 Å². The van der Waals surface area contributed by atoms with Gasteiger partial charge in [0.15, 0.2) is 6.61 Å². The number of benzene rings is 1. The molecule has 3 aliphatic rings. The lowest BCUT2D eigenvalue weighted by atomic mass is 9.60. The minimum atomic E-state index is -1.11. The first-order valence-corrected chi connectivity index (χ1v) is 8.70. The van der Waals surface area contributed by atoms with Crippen molar-refractivity contribution >= 4 is 23.6 Å². The van der Waals surface area contributed by atoms with Crippen LogP contribution in [0.25, 0.3) is 0 Å². The summed E-state index contributed by atoms with van der Waals surface area (Å²) in [5.74, 6) is -0.891. The van der Waals surface area contributed by atoms with Crippen molar-refractivity contribution < 1.29 is 28.9 Å². The lowest BCUT2D eigenvalue weighted by molar-refractivity contribution is -0.132. The molecule has 0 unspecified atom stereocenters. The number of hydrogen-bond acceptors (Lipinski definition) is 4. The molecule has 0 aromatic heterocycles. The predicted octanol–water partition coefficient (Wildman–Crippen LogP) is 2.06. The number of carbonyl (C=O) groups is 2. The summed E-state index contributed by atoms with van der Waals surface area (Å²) >= 11 is 5.59. The van der Waals surface area contributed by atoms with Crippen molar-refractivity contribution in [2.45, 2.75) is 49.3 Å². The summed E-state index contributed by atoms with van der Waals surface area (Å²) in [4.78, 5) is 23.2. The van der Waals surface area contributed by atoms with E-state index in [-0.39, 0.29) is 23.8 Å². The van der Waals surface area contributed by atoms with E-state index in [0.717, 1.165) is 6.07 Å². The van der Waals surface area contributed by atoms with Gasteiger partial charge in [-0.25, -0.2) is 9.18 Å². The molecular formula is C17H20ClFN2O5. The van der Waals surface area contributed by atoms with Crippen LogP contribution in [-0.2, 0) is 4.79 Å². The van der Waals surface area contributed by atoms with Gasteiger partial charge in [-0.1, -0.05) is 11.6 Å². The molecule has 0 radical (unpaired) electrons. The summed E-state index contributed by atoms with van der Waals surface area (Å²) in [5.41, 5.74) is -1.41. The molecule has 3 aliphatic carbocycles. The first-order chi connectivity index (χ1) is 12.2. The normalized spacial score (nSPS) is 29.9.